The van der Waals surface area contributed by atoms with Crippen molar-refractivity contribution in [2.24, 2.45) is 0 Å². The van der Waals surface area contributed by atoms with Crippen LogP contribution in [-0.2, 0) is 9.53 Å². The minimum Gasteiger partial charge on any atom is -0.452 e. The summed E-state index contributed by atoms with van der Waals surface area (Å²) < 4.78 is 4.97. The molecule has 0 bridgehead atoms. The van der Waals surface area contributed by atoms with Crippen LogP contribution in [0.15, 0.2) is 54.6 Å². The van der Waals surface area contributed by atoms with Gasteiger partial charge in [-0.15, -0.1) is 0 Å². The van der Waals surface area contributed by atoms with Crippen molar-refractivity contribution in [3.8, 4) is 6.07 Å². The van der Waals surface area contributed by atoms with Gasteiger partial charge in [0.15, 0.2) is 6.61 Å². The van der Waals surface area contributed by atoms with Gasteiger partial charge in [0, 0.05) is 6.54 Å². The molecule has 5 heteroatoms. The van der Waals surface area contributed by atoms with Crippen LogP contribution in [0.4, 0.5) is 0 Å². The molecule has 0 saturated heterocycles. The van der Waals surface area contributed by atoms with E-state index in [9.17, 15) is 9.59 Å². The first-order valence-electron chi connectivity index (χ1n) is 7.59. The number of benzene rings is 2. The Morgan fingerprint density at radius 1 is 1.17 bits per heavy atom. The van der Waals surface area contributed by atoms with Gasteiger partial charge in [-0.3, -0.25) is 4.79 Å². The first-order chi connectivity index (χ1) is 11.6. The van der Waals surface area contributed by atoms with Crippen LogP contribution in [-0.4, -0.2) is 25.0 Å². The first kappa shape index (κ1) is 17.2. The molecule has 0 aliphatic carbocycles. The monoisotopic (exact) mass is 322 g/mol. The lowest BCUT2D eigenvalue weighted by Gasteiger charge is -2.13. The zero-order valence-corrected chi connectivity index (χ0v) is 13.4. The number of nitrogens with one attached hydrogen (secondary N) is 1. The highest BCUT2D eigenvalue weighted by Crippen LogP contribution is 2.12. The predicted molar refractivity (Wildman–Crippen MR) is 89.3 cm³/mol. The molecule has 1 N–H and O–H groups in total. The molecule has 0 heterocycles. The highest BCUT2D eigenvalue weighted by Gasteiger charge is 2.12. The maximum atomic E-state index is 11.9. The number of amides is 1. The van der Waals surface area contributed by atoms with Gasteiger partial charge in [0.2, 0.25) is 0 Å². The molecule has 1 amide bonds. The smallest absolute Gasteiger partial charge is 0.338 e. The minimum atomic E-state index is -0.627. The Morgan fingerprint density at radius 3 is 2.62 bits per heavy atom. The summed E-state index contributed by atoms with van der Waals surface area (Å²) >= 11 is 0. The van der Waals surface area contributed by atoms with E-state index in [1.807, 2.05) is 43.3 Å². The second kappa shape index (κ2) is 8.49. The largest absolute Gasteiger partial charge is 0.452 e. The molecule has 2 aromatic carbocycles. The van der Waals surface area contributed by atoms with E-state index >= 15 is 0 Å². The van der Waals surface area contributed by atoms with Crippen molar-refractivity contribution in [1.29, 1.82) is 5.26 Å². The van der Waals surface area contributed by atoms with E-state index in [0.29, 0.717) is 12.1 Å². The van der Waals surface area contributed by atoms with E-state index in [2.05, 4.69) is 5.32 Å². The van der Waals surface area contributed by atoms with Crippen LogP contribution < -0.4 is 5.32 Å². The third-order valence-electron chi connectivity index (χ3n) is 3.54. The molecule has 0 spiro atoms. The minimum absolute atomic E-state index is 0.165. The number of nitrogens with zero attached hydrogens (tertiary/aromatic N) is 1. The van der Waals surface area contributed by atoms with Gasteiger partial charge in [-0.1, -0.05) is 43.3 Å². The Bertz CT molecular complexity index is 751. The molecular weight excluding hydrogens is 304 g/mol. The summed E-state index contributed by atoms with van der Waals surface area (Å²) in [4.78, 5) is 23.7. The Kier molecular flexibility index (Phi) is 6.09. The predicted octanol–water partition coefficient (Wildman–Crippen LogP) is 2.63. The van der Waals surface area contributed by atoms with Crippen molar-refractivity contribution in [1.82, 2.24) is 5.32 Å². The molecule has 0 saturated carbocycles. The van der Waals surface area contributed by atoms with Crippen LogP contribution in [0.25, 0.3) is 0 Å². The van der Waals surface area contributed by atoms with E-state index in [-0.39, 0.29) is 24.0 Å². The van der Waals surface area contributed by atoms with Gasteiger partial charge in [-0.2, -0.15) is 5.26 Å². The molecule has 1 atom stereocenters. The quantitative estimate of drug-likeness (QED) is 0.829. The van der Waals surface area contributed by atoms with Gasteiger partial charge >= 0.3 is 5.97 Å². The standard InChI is InChI=1S/C19H18N2O3/c1-14(16-7-3-2-4-8-16)12-21-18(22)13-24-19(23)17-9-5-6-15(10-17)11-20/h2-10,14H,12-13H2,1H3,(H,21,22). The Morgan fingerprint density at radius 2 is 1.92 bits per heavy atom. The number of nitriles is 1. The van der Waals surface area contributed by atoms with Gasteiger partial charge < -0.3 is 10.1 Å². The van der Waals surface area contributed by atoms with E-state index < -0.39 is 5.97 Å². The lowest BCUT2D eigenvalue weighted by molar-refractivity contribution is -0.124. The molecule has 0 radical (unpaired) electrons. The molecular formula is C19H18N2O3. The molecule has 5 nitrogen and oxygen atoms in total. The van der Waals surface area contributed by atoms with Gasteiger partial charge in [0.1, 0.15) is 0 Å². The first-order valence-corrected chi connectivity index (χ1v) is 7.59. The zero-order chi connectivity index (χ0) is 17.4. The van der Waals surface area contributed by atoms with Crippen molar-refractivity contribution in [3.05, 3.63) is 71.3 Å². The molecule has 122 valence electrons. The summed E-state index contributed by atoms with van der Waals surface area (Å²) in [7, 11) is 0. The molecule has 1 unspecified atom stereocenters. The zero-order valence-electron chi connectivity index (χ0n) is 13.4. The van der Waals surface area contributed by atoms with Crippen molar-refractivity contribution in [3.63, 3.8) is 0 Å². The Balaban J connectivity index is 1.78. The summed E-state index contributed by atoms with van der Waals surface area (Å²) in [5.74, 6) is -0.820. The summed E-state index contributed by atoms with van der Waals surface area (Å²) in [5, 5.41) is 11.6. The maximum absolute atomic E-state index is 11.9. The number of hydrogen-bond donors (Lipinski definition) is 1. The fourth-order valence-corrected chi connectivity index (χ4v) is 2.15. The van der Waals surface area contributed by atoms with Crippen molar-refractivity contribution in [2.75, 3.05) is 13.2 Å². The van der Waals surface area contributed by atoms with Crippen molar-refractivity contribution < 1.29 is 14.3 Å². The number of carbonyl (C=O) groups excluding carboxylic acids is 2. The molecule has 0 aliphatic heterocycles. The van der Waals surface area contributed by atoms with Gasteiger partial charge in [0.05, 0.1) is 17.2 Å². The van der Waals surface area contributed by atoms with Crippen LogP contribution in [0.1, 0.15) is 34.3 Å². The van der Waals surface area contributed by atoms with Crippen LogP contribution in [0.3, 0.4) is 0 Å². The Hall–Kier alpha value is -3.13. The fraction of sp³-hybridized carbons (Fsp3) is 0.211. The number of ether oxygens (including phenoxy) is 1. The highest BCUT2D eigenvalue weighted by molar-refractivity contribution is 5.91. The van der Waals surface area contributed by atoms with Crippen LogP contribution in [0, 0.1) is 11.3 Å². The molecule has 2 rings (SSSR count). The van der Waals surface area contributed by atoms with Crippen molar-refractivity contribution in [2.45, 2.75) is 12.8 Å². The van der Waals surface area contributed by atoms with Crippen LogP contribution in [0.2, 0.25) is 0 Å². The number of rotatable bonds is 6. The summed E-state index contributed by atoms with van der Waals surface area (Å²) in [6.45, 7) is 2.12. The molecule has 0 aliphatic rings. The normalized spacial score (nSPS) is 11.2. The molecule has 0 aromatic heterocycles. The summed E-state index contributed by atoms with van der Waals surface area (Å²) in [6.07, 6.45) is 0. The number of hydrogen-bond acceptors (Lipinski definition) is 4. The summed E-state index contributed by atoms with van der Waals surface area (Å²) in [5.41, 5.74) is 1.74. The number of carbonyl (C=O) groups is 2. The lowest BCUT2D eigenvalue weighted by atomic mass is 10.0. The highest BCUT2D eigenvalue weighted by atomic mass is 16.5. The third kappa shape index (κ3) is 4.96. The van der Waals surface area contributed by atoms with Crippen LogP contribution >= 0.6 is 0 Å². The van der Waals surface area contributed by atoms with Crippen LogP contribution in [0.5, 0.6) is 0 Å². The average Bonchev–Trinajstić information content (AvgIpc) is 2.64. The van der Waals surface area contributed by atoms with Gasteiger partial charge in [-0.25, -0.2) is 4.79 Å². The van der Waals surface area contributed by atoms with Gasteiger partial charge in [0.25, 0.3) is 5.91 Å². The Labute approximate surface area is 140 Å². The lowest BCUT2D eigenvalue weighted by Crippen LogP contribution is -2.31. The average molecular weight is 322 g/mol. The summed E-state index contributed by atoms with van der Waals surface area (Å²) in [6, 6.07) is 17.9. The SMILES string of the molecule is CC(CNC(=O)COC(=O)c1cccc(C#N)c1)c1ccccc1. The van der Waals surface area contributed by atoms with E-state index in [4.69, 9.17) is 10.00 Å². The van der Waals surface area contributed by atoms with Crippen molar-refractivity contribution >= 4 is 11.9 Å². The van der Waals surface area contributed by atoms with E-state index in [1.54, 1.807) is 18.2 Å². The second-order valence-electron chi connectivity index (χ2n) is 5.38. The fourth-order valence-electron chi connectivity index (χ4n) is 2.15. The topological polar surface area (TPSA) is 79.2 Å². The second-order valence-corrected chi connectivity index (χ2v) is 5.38. The molecule has 24 heavy (non-hydrogen) atoms. The molecule has 0 fully saturated rings. The number of esters is 1. The third-order valence-corrected chi connectivity index (χ3v) is 3.54. The van der Waals surface area contributed by atoms with E-state index in [1.165, 1.54) is 6.07 Å². The van der Waals surface area contributed by atoms with E-state index in [0.717, 1.165) is 5.56 Å². The van der Waals surface area contributed by atoms with Gasteiger partial charge in [-0.05, 0) is 29.7 Å². The molecule has 2 aromatic rings. The maximum Gasteiger partial charge on any atom is 0.338 e.